The van der Waals surface area contributed by atoms with Crippen LogP contribution in [0.15, 0.2) is 50.6 Å². The van der Waals surface area contributed by atoms with Gasteiger partial charge in [-0.2, -0.15) is 0 Å². The molecule has 21 heavy (non-hydrogen) atoms. The molecule has 0 bridgehead atoms. The van der Waals surface area contributed by atoms with Crippen molar-refractivity contribution in [3.8, 4) is 0 Å². The summed E-state index contributed by atoms with van der Waals surface area (Å²) < 4.78 is 10.6. The van der Waals surface area contributed by atoms with E-state index in [0.717, 1.165) is 0 Å². The summed E-state index contributed by atoms with van der Waals surface area (Å²) >= 11 is -4.32. The summed E-state index contributed by atoms with van der Waals surface area (Å²) in [5, 5.41) is 0. The molecule has 4 nitrogen and oxygen atoms in total. The molecule has 0 aliphatic carbocycles. The molecular formula is C16H24O4Sn. The van der Waals surface area contributed by atoms with Crippen LogP contribution in [0.2, 0.25) is 7.87 Å². The average molecular weight is 399 g/mol. The van der Waals surface area contributed by atoms with E-state index in [0.29, 0.717) is 0 Å². The van der Waals surface area contributed by atoms with Crippen molar-refractivity contribution in [2.75, 3.05) is 0 Å². The number of hydrogen-bond donors (Lipinski definition) is 0. The zero-order chi connectivity index (χ0) is 16.5. The van der Waals surface area contributed by atoms with Crippen LogP contribution < -0.4 is 0 Å². The zero-order valence-corrected chi connectivity index (χ0v) is 15.7. The number of rotatable bonds is 10. The Labute approximate surface area is 132 Å². The molecule has 0 spiro atoms. The van der Waals surface area contributed by atoms with Gasteiger partial charge in [0.05, 0.1) is 0 Å². The first kappa shape index (κ1) is 19.7. The van der Waals surface area contributed by atoms with Crippen LogP contribution in [0.1, 0.15) is 26.7 Å². The van der Waals surface area contributed by atoms with Gasteiger partial charge < -0.3 is 0 Å². The van der Waals surface area contributed by atoms with E-state index >= 15 is 0 Å². The summed E-state index contributed by atoms with van der Waals surface area (Å²) in [6.07, 6.45) is 6.82. The van der Waals surface area contributed by atoms with E-state index in [1.165, 1.54) is 0 Å². The number of carbonyl (C=O) groups is 2. The van der Waals surface area contributed by atoms with Gasteiger partial charge in [0, 0.05) is 0 Å². The van der Waals surface area contributed by atoms with Crippen molar-refractivity contribution in [1.82, 2.24) is 0 Å². The molecule has 0 aromatic rings. The SMILES string of the molecule is C=C[CH](C=C)[Sn]([O]C(=O)CC)([O]C(=O)CC)[CH](C=C)C=C. The minimum atomic E-state index is -4.32. The van der Waals surface area contributed by atoms with Crippen LogP contribution in [0.3, 0.4) is 0 Å². The Hall–Kier alpha value is -1.30. The molecule has 0 amide bonds. The van der Waals surface area contributed by atoms with Crippen LogP contribution in [0.5, 0.6) is 0 Å². The first-order valence-electron chi connectivity index (χ1n) is 6.89. The maximum absolute atomic E-state index is 11.9. The summed E-state index contributed by atoms with van der Waals surface area (Å²) in [4.78, 5) is 23.7. The van der Waals surface area contributed by atoms with Crippen LogP contribution >= 0.6 is 0 Å². The molecule has 0 aromatic heterocycles. The molecule has 5 heteroatoms. The summed E-state index contributed by atoms with van der Waals surface area (Å²) in [5.74, 6) is -0.811. The predicted octanol–water partition coefficient (Wildman–Crippen LogP) is 3.82. The van der Waals surface area contributed by atoms with Crippen molar-refractivity contribution in [2.45, 2.75) is 34.6 Å². The molecule has 0 radical (unpaired) electrons. The second-order valence-corrected chi connectivity index (χ2v) is 13.5. The topological polar surface area (TPSA) is 52.6 Å². The molecule has 0 saturated carbocycles. The summed E-state index contributed by atoms with van der Waals surface area (Å²) in [7, 11) is 0. The van der Waals surface area contributed by atoms with Crippen LogP contribution in [0.4, 0.5) is 0 Å². The van der Waals surface area contributed by atoms with Crippen molar-refractivity contribution >= 4 is 31.1 Å². The minimum absolute atomic E-state index is 0.199. The van der Waals surface area contributed by atoms with Crippen LogP contribution in [-0.2, 0) is 15.7 Å². The quantitative estimate of drug-likeness (QED) is 0.414. The van der Waals surface area contributed by atoms with Gasteiger partial charge in [0.2, 0.25) is 0 Å². The summed E-state index contributed by atoms with van der Waals surface area (Å²) in [6, 6.07) is 0. The monoisotopic (exact) mass is 400 g/mol. The van der Waals surface area contributed by atoms with Gasteiger partial charge in [-0.3, -0.25) is 0 Å². The third-order valence-electron chi connectivity index (χ3n) is 3.07. The van der Waals surface area contributed by atoms with Crippen LogP contribution in [0, 0.1) is 0 Å². The molecule has 0 atom stereocenters. The summed E-state index contributed by atoms with van der Waals surface area (Å²) in [6.45, 7) is 18.4. The molecule has 0 N–H and O–H groups in total. The van der Waals surface area contributed by atoms with Gasteiger partial charge >= 0.3 is 132 Å². The standard InChI is InChI=1S/2C5H7.2C3H6O2.Sn/c2*1-3-5-4-2;2*1-2-3(4)5;/h2*3-5H,1-2H2;2*2H2,1H3,(H,4,5);/q;;;;+2/p-2. The predicted molar refractivity (Wildman–Crippen MR) is 86.8 cm³/mol. The van der Waals surface area contributed by atoms with E-state index < -0.39 is 31.1 Å². The van der Waals surface area contributed by atoms with E-state index in [9.17, 15) is 9.59 Å². The fraction of sp³-hybridized carbons (Fsp3) is 0.375. The van der Waals surface area contributed by atoms with Gasteiger partial charge in [0.15, 0.2) is 0 Å². The average Bonchev–Trinajstić information content (AvgIpc) is 2.49. The van der Waals surface area contributed by atoms with Gasteiger partial charge in [0.1, 0.15) is 0 Å². The Kier molecular flexibility index (Phi) is 9.01. The fourth-order valence-corrected chi connectivity index (χ4v) is 11.4. The van der Waals surface area contributed by atoms with E-state index in [-0.39, 0.29) is 20.7 Å². The van der Waals surface area contributed by atoms with Crippen molar-refractivity contribution in [3.63, 3.8) is 0 Å². The normalized spacial score (nSPS) is 10.9. The molecule has 0 aliphatic rings. The van der Waals surface area contributed by atoms with Crippen molar-refractivity contribution in [3.05, 3.63) is 50.6 Å². The molecule has 0 unspecified atom stereocenters. The van der Waals surface area contributed by atoms with E-state index in [4.69, 9.17) is 6.15 Å². The van der Waals surface area contributed by atoms with Gasteiger partial charge in [-0.15, -0.1) is 0 Å². The molecule has 0 saturated heterocycles. The first-order valence-corrected chi connectivity index (χ1v) is 12.5. The van der Waals surface area contributed by atoms with Crippen LogP contribution in [0.25, 0.3) is 0 Å². The van der Waals surface area contributed by atoms with Crippen molar-refractivity contribution < 1.29 is 15.7 Å². The zero-order valence-electron chi connectivity index (χ0n) is 12.8. The van der Waals surface area contributed by atoms with Gasteiger partial charge in [-0.25, -0.2) is 0 Å². The second kappa shape index (κ2) is 9.60. The number of allylic oxidation sites excluding steroid dienone is 4. The Morgan fingerprint density at radius 3 is 1.33 bits per heavy atom. The molecule has 116 valence electrons. The molecular weight excluding hydrogens is 375 g/mol. The Balaban J connectivity index is 6.00. The van der Waals surface area contributed by atoms with E-state index in [1.807, 2.05) is 0 Å². The van der Waals surface area contributed by atoms with E-state index in [2.05, 4.69) is 26.3 Å². The number of carbonyl (C=O) groups excluding carboxylic acids is 2. The summed E-state index contributed by atoms with van der Waals surface area (Å²) in [5.41, 5.74) is 0. The molecule has 0 heterocycles. The van der Waals surface area contributed by atoms with Crippen molar-refractivity contribution in [1.29, 1.82) is 0 Å². The Bertz CT molecular complexity index is 372. The van der Waals surface area contributed by atoms with Crippen molar-refractivity contribution in [2.24, 2.45) is 0 Å². The maximum atomic E-state index is 11.9. The Morgan fingerprint density at radius 2 is 1.14 bits per heavy atom. The van der Waals surface area contributed by atoms with Gasteiger partial charge in [0.25, 0.3) is 0 Å². The number of hydrogen-bond acceptors (Lipinski definition) is 4. The van der Waals surface area contributed by atoms with Crippen LogP contribution in [-0.4, -0.2) is 31.1 Å². The molecule has 0 aliphatic heterocycles. The molecule has 0 aromatic carbocycles. The molecule has 0 rings (SSSR count). The Morgan fingerprint density at radius 1 is 0.857 bits per heavy atom. The molecule has 0 fully saturated rings. The third kappa shape index (κ3) is 4.88. The fourth-order valence-electron chi connectivity index (χ4n) is 1.86. The third-order valence-corrected chi connectivity index (χ3v) is 14.2. The second-order valence-electron chi connectivity index (χ2n) is 4.37. The van der Waals surface area contributed by atoms with Gasteiger partial charge in [-0.1, -0.05) is 0 Å². The first-order chi connectivity index (χ1) is 9.95. The van der Waals surface area contributed by atoms with E-state index in [1.54, 1.807) is 38.2 Å². The van der Waals surface area contributed by atoms with Gasteiger partial charge in [-0.05, 0) is 0 Å².